The Kier molecular flexibility index (Phi) is 17.9. The molecular weight excluding hydrogens is 884 g/mol. The predicted molar refractivity (Wildman–Crippen MR) is 218 cm³/mol. The average Bonchev–Trinajstić information content (AvgIpc) is 3.29. The number of allylic oxidation sites excluding steroid dienone is 1. The van der Waals surface area contributed by atoms with Crippen LogP contribution in [0.2, 0.25) is 0 Å². The van der Waals surface area contributed by atoms with Crippen molar-refractivity contribution in [1.29, 1.82) is 0 Å². The van der Waals surface area contributed by atoms with E-state index in [4.69, 9.17) is 42.6 Å². The first-order valence-corrected chi connectivity index (χ1v) is 23.2. The minimum absolute atomic E-state index is 0.0194. The Morgan fingerprint density at radius 2 is 1.26 bits per heavy atom. The van der Waals surface area contributed by atoms with Gasteiger partial charge in [-0.1, -0.05) is 6.08 Å². The molecule has 0 spiro atoms. The first-order chi connectivity index (χ1) is 31.4. The van der Waals surface area contributed by atoms with Gasteiger partial charge in [-0.15, -0.1) is 0 Å². The van der Waals surface area contributed by atoms with E-state index in [1.54, 1.807) is 6.08 Å². The number of carbonyl (C=O) groups is 1. The van der Waals surface area contributed by atoms with Crippen LogP contribution in [0.25, 0.3) is 0 Å². The molecule has 3 saturated carbocycles. The Morgan fingerprint density at radius 3 is 1.91 bits per heavy atom. The van der Waals surface area contributed by atoms with Crippen LogP contribution < -0.4 is 0 Å². The molecule has 0 radical (unpaired) electrons. The molecule has 7 rings (SSSR count). The molecule has 380 valence electrons. The topological polar surface area (TPSA) is 367 Å². The van der Waals surface area contributed by atoms with Gasteiger partial charge in [-0.2, -0.15) is 0 Å². The zero-order chi connectivity index (χ0) is 47.7. The summed E-state index contributed by atoms with van der Waals surface area (Å²) in [6.45, 7) is 0.222. The fraction of sp³-hybridized carbons (Fsp3) is 0.930. The Hall–Kier alpha value is -1.63. The van der Waals surface area contributed by atoms with Gasteiger partial charge in [0.2, 0.25) is 0 Å². The molecule has 10 unspecified atom stereocenters. The molecule has 14 N–H and O–H groups in total. The van der Waals surface area contributed by atoms with Crippen LogP contribution in [0.3, 0.4) is 0 Å². The molecule has 23 nitrogen and oxygen atoms in total. The highest BCUT2D eigenvalue weighted by molar-refractivity contribution is 5.82. The van der Waals surface area contributed by atoms with Gasteiger partial charge in [0.05, 0.1) is 55.8 Å². The molecule has 4 saturated heterocycles. The summed E-state index contributed by atoms with van der Waals surface area (Å²) in [5.41, 5.74) is 0. The number of hydrogen-bond donors (Lipinski definition) is 13. The van der Waals surface area contributed by atoms with Crippen molar-refractivity contribution < 1.29 is 114 Å². The van der Waals surface area contributed by atoms with Gasteiger partial charge in [-0.3, -0.25) is 0 Å². The second-order valence-electron chi connectivity index (χ2n) is 19.2. The number of hydrogen-bond acceptors (Lipinski definition) is 22. The summed E-state index contributed by atoms with van der Waals surface area (Å²) in [5, 5.41) is 139. The summed E-state index contributed by atoms with van der Waals surface area (Å²) >= 11 is 0. The molecule has 66 heavy (non-hydrogen) atoms. The smallest absolute Gasteiger partial charge is 0.330 e. The SMILES string of the molecule is COC1CC(C2[OH+]C3CC(O)CC(O[C@@H]4O[C@H](CO)[C@@H](O)[C@H](O)[C@H]4O)C3CC2O[C@@H]2O[C@H](CO[C@@H]3O[C@@H](C)[C@H](OC(=O)C=CC4CCC(O)CC4)[C@@H](O)[C@H]3O)[C@@H](O)[C@H](O)[C@H]2O)CC(O)C1O. The van der Waals surface area contributed by atoms with E-state index in [2.05, 4.69) is 0 Å². The highest BCUT2D eigenvalue weighted by Gasteiger charge is 2.58. The number of aliphatic hydroxyl groups is 15. The fourth-order valence-corrected chi connectivity index (χ4v) is 10.8. The lowest BCUT2D eigenvalue weighted by atomic mass is 9.72. The number of carbonyl (C=O) groups excluding carboxylic acids is 1. The van der Waals surface area contributed by atoms with Crippen molar-refractivity contribution in [2.75, 3.05) is 20.3 Å². The highest BCUT2D eigenvalue weighted by Crippen LogP contribution is 2.44. The molecule has 0 aromatic carbocycles. The maximum Gasteiger partial charge on any atom is 0.330 e. The molecule has 0 aromatic rings. The maximum atomic E-state index is 12.7. The van der Waals surface area contributed by atoms with E-state index in [-0.39, 0.29) is 44.1 Å². The van der Waals surface area contributed by atoms with Crippen LogP contribution in [0.15, 0.2) is 12.2 Å². The summed E-state index contributed by atoms with van der Waals surface area (Å²) in [7, 11) is 1.39. The molecule has 4 heterocycles. The summed E-state index contributed by atoms with van der Waals surface area (Å²) in [6, 6.07) is 0. The zero-order valence-corrected chi connectivity index (χ0v) is 37.0. The van der Waals surface area contributed by atoms with E-state index >= 15 is 0 Å². The number of ether oxygens (including phenoxy) is 9. The number of rotatable bonds is 13. The zero-order valence-electron chi connectivity index (χ0n) is 37.0. The van der Waals surface area contributed by atoms with Gasteiger partial charge in [0, 0.05) is 31.9 Å². The van der Waals surface area contributed by atoms with Gasteiger partial charge in [0.25, 0.3) is 0 Å². The van der Waals surface area contributed by atoms with Crippen molar-refractivity contribution in [2.45, 2.75) is 212 Å². The molecule has 23 heteroatoms. The normalized spacial score (nSPS) is 51.6. The third-order valence-electron chi connectivity index (χ3n) is 14.7. The van der Waals surface area contributed by atoms with Crippen LogP contribution in [-0.2, 0) is 42.7 Å². The van der Waals surface area contributed by atoms with Crippen molar-refractivity contribution >= 4 is 5.97 Å². The number of methoxy groups -OCH3 is 1. The minimum atomic E-state index is -1.86. The lowest BCUT2D eigenvalue weighted by molar-refractivity contribution is -0.371. The van der Waals surface area contributed by atoms with Crippen LogP contribution in [0.4, 0.5) is 0 Å². The second kappa shape index (κ2) is 22.6. The number of aliphatic hydroxyl groups excluding tert-OH is 13. The molecule has 0 aromatic heterocycles. The molecule has 7 aliphatic rings. The fourth-order valence-electron chi connectivity index (χ4n) is 10.8. The van der Waals surface area contributed by atoms with Gasteiger partial charge in [-0.05, 0) is 57.8 Å². The molecule has 0 bridgehead atoms. The molecular formula is C43H71O23+. The summed E-state index contributed by atoms with van der Waals surface area (Å²) in [6.07, 6.45) is -25.4. The lowest BCUT2D eigenvalue weighted by Gasteiger charge is -2.50. The monoisotopic (exact) mass is 955 g/mol. The van der Waals surface area contributed by atoms with Gasteiger partial charge in [0.1, 0.15) is 73.2 Å². The van der Waals surface area contributed by atoms with E-state index in [0.717, 1.165) is 0 Å². The van der Waals surface area contributed by atoms with Crippen molar-refractivity contribution in [2.24, 2.45) is 17.8 Å². The van der Waals surface area contributed by atoms with Gasteiger partial charge >= 0.3 is 5.97 Å². The van der Waals surface area contributed by atoms with Crippen molar-refractivity contribution in [3.8, 4) is 0 Å². The largest absolute Gasteiger partial charge is 0.454 e. The standard InChI is InChI=1S/C43H70O23/c1-16-39(66-29(48)8-5-17-3-6-19(45)7-4-17)35(54)38(57)41(60-16)59-15-28-32(51)34(53)37(56)43(65-28)63-26-13-21-23(61-40(26)18-9-22(47)30(49)25(10-18)58-2)11-20(46)12-24(21)62-42-36(55)33(52)31(50)27(14-44)64-42/h5,8,16-28,30-47,49-57H,3-4,6-7,9-15H2,1-2H3/p+1/t16-,17?,18?,19?,20?,21?,22?,23?,24?,25?,26?,27+,28+,30?,31+,32+,33-,34-,35-,36+,37+,38+,39-,40?,41+,42+,43+/m0/s1. The summed E-state index contributed by atoms with van der Waals surface area (Å²) < 4.78 is 51.9. The second-order valence-corrected chi connectivity index (χ2v) is 19.2. The average molecular weight is 956 g/mol. The third-order valence-corrected chi connectivity index (χ3v) is 14.7. The number of esters is 1. The quantitative estimate of drug-likeness (QED) is 0.0465. The molecule has 3 aliphatic carbocycles. The van der Waals surface area contributed by atoms with Crippen LogP contribution in [0.5, 0.6) is 0 Å². The Balaban J connectivity index is 1.03. The van der Waals surface area contributed by atoms with E-state index in [9.17, 15) is 71.2 Å². The van der Waals surface area contributed by atoms with Gasteiger partial charge in [0.15, 0.2) is 37.2 Å². The lowest BCUT2D eigenvalue weighted by Crippen LogP contribution is -2.65. The van der Waals surface area contributed by atoms with Crippen molar-refractivity contribution in [3.63, 3.8) is 0 Å². The van der Waals surface area contributed by atoms with E-state index in [1.807, 2.05) is 0 Å². The Bertz CT molecular complexity index is 1570. The highest BCUT2D eigenvalue weighted by atomic mass is 16.7. The van der Waals surface area contributed by atoms with Gasteiger partial charge in [-0.25, -0.2) is 4.79 Å². The molecule has 25 atom stereocenters. The van der Waals surface area contributed by atoms with E-state index in [1.165, 1.54) is 20.1 Å². The Labute approximate surface area is 381 Å². The predicted octanol–water partition coefficient (Wildman–Crippen LogP) is -5.55. The molecule has 4 aliphatic heterocycles. The van der Waals surface area contributed by atoms with Crippen LogP contribution in [-0.4, -0.2) is 244 Å². The van der Waals surface area contributed by atoms with Crippen LogP contribution in [0, 0.1) is 17.8 Å². The van der Waals surface area contributed by atoms with Crippen molar-refractivity contribution in [1.82, 2.24) is 0 Å². The summed E-state index contributed by atoms with van der Waals surface area (Å²) in [5.74, 6) is -1.76. The van der Waals surface area contributed by atoms with Crippen LogP contribution in [0.1, 0.15) is 64.7 Å². The molecule has 0 amide bonds. The van der Waals surface area contributed by atoms with Gasteiger partial charge < -0.3 is 109 Å². The van der Waals surface area contributed by atoms with E-state index in [0.29, 0.717) is 25.7 Å². The third kappa shape index (κ3) is 11.6. The number of fused-ring (bicyclic) bond motifs is 1. The Morgan fingerprint density at radius 1 is 0.636 bits per heavy atom. The first-order valence-electron chi connectivity index (χ1n) is 23.2. The van der Waals surface area contributed by atoms with E-state index < -0.39 is 172 Å². The summed E-state index contributed by atoms with van der Waals surface area (Å²) in [4.78, 5) is 12.7. The molecule has 7 fully saturated rings. The maximum absolute atomic E-state index is 12.7. The van der Waals surface area contributed by atoms with Crippen molar-refractivity contribution in [3.05, 3.63) is 12.2 Å². The van der Waals surface area contributed by atoms with Crippen LogP contribution >= 0.6 is 0 Å². The first kappa shape index (κ1) is 52.2. The minimum Gasteiger partial charge on any atom is -0.454 e.